The highest BCUT2D eigenvalue weighted by molar-refractivity contribution is 7.17. The first-order chi connectivity index (χ1) is 15.9. The zero-order chi connectivity index (χ0) is 23.8. The van der Waals surface area contributed by atoms with Crippen molar-refractivity contribution in [1.82, 2.24) is 20.6 Å². The molecule has 1 fully saturated rings. The SMILES string of the molecule is CNC(=O)C1CCN(C(=O)c2sc(NC(C)=O)nc2CCc2ccc(N=CNN)cc2)CC1.Cl. The van der Waals surface area contributed by atoms with E-state index in [0.29, 0.717) is 54.5 Å². The molecule has 2 aromatic rings. The maximum Gasteiger partial charge on any atom is 0.265 e. The number of carbonyl (C=O) groups excluding carboxylic acids is 3. The van der Waals surface area contributed by atoms with E-state index in [-0.39, 0.29) is 36.0 Å². The van der Waals surface area contributed by atoms with Crippen LogP contribution in [0.25, 0.3) is 0 Å². The molecule has 1 aromatic carbocycles. The molecular weight excluding hydrogens is 478 g/mol. The summed E-state index contributed by atoms with van der Waals surface area (Å²) in [5.41, 5.74) is 4.88. The van der Waals surface area contributed by atoms with E-state index in [1.165, 1.54) is 24.6 Å². The van der Waals surface area contributed by atoms with Gasteiger partial charge in [0.2, 0.25) is 11.8 Å². The van der Waals surface area contributed by atoms with Crippen LogP contribution in [0.5, 0.6) is 0 Å². The molecule has 1 aliphatic rings. The Kier molecular flexibility index (Phi) is 10.4. The number of carbonyl (C=O) groups is 3. The Labute approximate surface area is 208 Å². The van der Waals surface area contributed by atoms with Gasteiger partial charge in [0.1, 0.15) is 11.2 Å². The van der Waals surface area contributed by atoms with E-state index in [1.54, 1.807) is 11.9 Å². The third-order valence-electron chi connectivity index (χ3n) is 5.45. The van der Waals surface area contributed by atoms with Gasteiger partial charge in [0, 0.05) is 33.0 Å². The number of halogens is 1. The summed E-state index contributed by atoms with van der Waals surface area (Å²) in [6.45, 7) is 2.45. The fourth-order valence-corrected chi connectivity index (χ4v) is 4.73. The van der Waals surface area contributed by atoms with Crippen LogP contribution in [0, 0.1) is 5.92 Å². The quantitative estimate of drug-likeness (QED) is 0.186. The summed E-state index contributed by atoms with van der Waals surface area (Å²) < 4.78 is 0. The number of nitrogens with two attached hydrogens (primary N) is 1. The third-order valence-corrected chi connectivity index (χ3v) is 6.45. The molecule has 3 rings (SSSR count). The second-order valence-electron chi connectivity index (χ2n) is 7.75. The largest absolute Gasteiger partial charge is 0.359 e. The minimum atomic E-state index is -0.233. The Balaban J connectivity index is 0.00000408. The number of hydrazine groups is 1. The van der Waals surface area contributed by atoms with Crippen molar-refractivity contribution >= 4 is 58.6 Å². The lowest BCUT2D eigenvalue weighted by atomic mass is 9.96. The lowest BCUT2D eigenvalue weighted by molar-refractivity contribution is -0.125. The van der Waals surface area contributed by atoms with Gasteiger partial charge in [0.05, 0.1) is 11.4 Å². The highest BCUT2D eigenvalue weighted by Crippen LogP contribution is 2.28. The molecule has 1 aromatic heterocycles. The molecule has 5 N–H and O–H groups in total. The predicted molar refractivity (Wildman–Crippen MR) is 136 cm³/mol. The Bertz CT molecular complexity index is 1020. The normalized spacial score (nSPS) is 13.9. The molecule has 0 bridgehead atoms. The molecule has 184 valence electrons. The molecule has 0 saturated carbocycles. The number of amides is 3. The molecule has 0 spiro atoms. The summed E-state index contributed by atoms with van der Waals surface area (Å²) in [4.78, 5) is 47.6. The second-order valence-corrected chi connectivity index (χ2v) is 8.75. The molecule has 1 aliphatic heterocycles. The minimum absolute atomic E-state index is 0. The summed E-state index contributed by atoms with van der Waals surface area (Å²) in [6, 6.07) is 7.70. The van der Waals surface area contributed by atoms with Crippen molar-refractivity contribution in [3.05, 3.63) is 40.4 Å². The number of aromatic nitrogens is 1. The Hall–Kier alpha value is -3.02. The van der Waals surface area contributed by atoms with Gasteiger partial charge in [-0.3, -0.25) is 14.4 Å². The van der Waals surface area contributed by atoms with Gasteiger partial charge in [-0.25, -0.2) is 15.8 Å². The van der Waals surface area contributed by atoms with Crippen molar-refractivity contribution < 1.29 is 14.4 Å². The van der Waals surface area contributed by atoms with Crippen LogP contribution in [0.15, 0.2) is 29.3 Å². The molecule has 1 saturated heterocycles. The molecule has 10 nitrogen and oxygen atoms in total. The summed E-state index contributed by atoms with van der Waals surface area (Å²) in [5.74, 6) is 4.80. The summed E-state index contributed by atoms with van der Waals surface area (Å²) in [6.07, 6.45) is 3.91. The number of rotatable bonds is 8. The van der Waals surface area contributed by atoms with Crippen molar-refractivity contribution in [1.29, 1.82) is 0 Å². The van der Waals surface area contributed by atoms with Crippen LogP contribution in [-0.2, 0) is 22.4 Å². The van der Waals surface area contributed by atoms with E-state index in [4.69, 9.17) is 5.84 Å². The number of hydrogen-bond donors (Lipinski definition) is 4. The topological polar surface area (TPSA) is 142 Å². The Morgan fingerprint density at radius 1 is 1.21 bits per heavy atom. The molecule has 12 heteroatoms. The number of benzene rings is 1. The molecule has 34 heavy (non-hydrogen) atoms. The maximum atomic E-state index is 13.3. The zero-order valence-corrected chi connectivity index (χ0v) is 20.8. The smallest absolute Gasteiger partial charge is 0.265 e. The van der Waals surface area contributed by atoms with Crippen molar-refractivity contribution in [2.24, 2.45) is 16.8 Å². The fraction of sp³-hybridized carbons (Fsp3) is 0.409. The highest BCUT2D eigenvalue weighted by Gasteiger charge is 2.29. The fourth-order valence-electron chi connectivity index (χ4n) is 3.71. The zero-order valence-electron chi connectivity index (χ0n) is 19.2. The van der Waals surface area contributed by atoms with Gasteiger partial charge in [-0.05, 0) is 43.4 Å². The molecule has 0 atom stereocenters. The summed E-state index contributed by atoms with van der Waals surface area (Å²) in [5, 5.41) is 5.79. The standard InChI is InChI=1S/C22H29N7O3S.ClH/c1-14(30)27-22-28-18(8-5-15-3-6-17(7-4-15)25-13-26-23)19(33-22)21(32)29-11-9-16(10-12-29)20(31)24-2;/h3-4,6-7,13,16H,5,8-12,23H2,1-2H3,(H,24,31)(H,25,26)(H,27,28,30);1H. The van der Waals surface area contributed by atoms with E-state index in [0.717, 1.165) is 11.3 Å². The number of likely N-dealkylation sites (tertiary alicyclic amines) is 1. The monoisotopic (exact) mass is 507 g/mol. The van der Waals surface area contributed by atoms with Crippen LogP contribution in [0.3, 0.4) is 0 Å². The molecule has 2 heterocycles. The van der Waals surface area contributed by atoms with Crippen LogP contribution in [0.1, 0.15) is 40.7 Å². The lowest BCUT2D eigenvalue weighted by Gasteiger charge is -2.31. The number of nitrogens with one attached hydrogen (secondary N) is 3. The first-order valence-corrected chi connectivity index (χ1v) is 11.6. The third kappa shape index (κ3) is 7.24. The van der Waals surface area contributed by atoms with Crippen LogP contribution >= 0.6 is 23.7 Å². The van der Waals surface area contributed by atoms with Crippen molar-refractivity contribution in [2.45, 2.75) is 32.6 Å². The van der Waals surface area contributed by atoms with Crippen molar-refractivity contribution in [2.75, 3.05) is 25.5 Å². The average Bonchev–Trinajstić information content (AvgIpc) is 3.23. The van der Waals surface area contributed by atoms with Gasteiger partial charge in [-0.1, -0.05) is 23.5 Å². The van der Waals surface area contributed by atoms with Crippen molar-refractivity contribution in [3.8, 4) is 0 Å². The van der Waals surface area contributed by atoms with E-state index in [2.05, 4.69) is 26.0 Å². The number of anilines is 1. The predicted octanol–water partition coefficient (Wildman–Crippen LogP) is 2.03. The number of thiazole rings is 1. The first kappa shape index (κ1) is 27.2. The van der Waals surface area contributed by atoms with E-state index >= 15 is 0 Å². The lowest BCUT2D eigenvalue weighted by Crippen LogP contribution is -2.42. The number of aliphatic imine (C=N–C) groups is 1. The minimum Gasteiger partial charge on any atom is -0.359 e. The van der Waals surface area contributed by atoms with Gasteiger partial charge in [0.25, 0.3) is 5.91 Å². The average molecular weight is 508 g/mol. The molecular formula is C22H30ClN7O3S. The van der Waals surface area contributed by atoms with Gasteiger partial charge in [-0.2, -0.15) is 0 Å². The number of piperidine rings is 1. The number of hydrogen-bond acceptors (Lipinski definition) is 7. The second kappa shape index (κ2) is 13.0. The maximum absolute atomic E-state index is 13.3. The van der Waals surface area contributed by atoms with Crippen molar-refractivity contribution in [3.63, 3.8) is 0 Å². The van der Waals surface area contributed by atoms with Crippen LogP contribution < -0.4 is 21.9 Å². The van der Waals surface area contributed by atoms with Crippen LogP contribution in [0.4, 0.5) is 10.8 Å². The molecule has 0 unspecified atom stereocenters. The van der Waals surface area contributed by atoms with Gasteiger partial charge in [-0.15, -0.1) is 12.4 Å². The van der Waals surface area contributed by atoms with Crippen LogP contribution in [-0.4, -0.2) is 54.1 Å². The van der Waals surface area contributed by atoms with Gasteiger partial charge < -0.3 is 21.0 Å². The van der Waals surface area contributed by atoms with E-state index in [9.17, 15) is 14.4 Å². The Morgan fingerprint density at radius 2 is 1.88 bits per heavy atom. The number of nitrogens with zero attached hydrogens (tertiary/aromatic N) is 3. The van der Waals surface area contributed by atoms with E-state index in [1.807, 2.05) is 24.3 Å². The first-order valence-electron chi connectivity index (χ1n) is 10.8. The molecule has 0 radical (unpaired) electrons. The Morgan fingerprint density at radius 3 is 2.47 bits per heavy atom. The summed E-state index contributed by atoms with van der Waals surface area (Å²) >= 11 is 1.20. The van der Waals surface area contributed by atoms with E-state index < -0.39 is 0 Å². The van der Waals surface area contributed by atoms with Gasteiger partial charge >= 0.3 is 0 Å². The molecule has 0 aliphatic carbocycles. The highest BCUT2D eigenvalue weighted by atomic mass is 35.5. The van der Waals surface area contributed by atoms with Gasteiger partial charge in [0.15, 0.2) is 5.13 Å². The number of aryl methyl sites for hydroxylation is 2. The molecule has 3 amide bonds. The summed E-state index contributed by atoms with van der Waals surface area (Å²) in [7, 11) is 1.63. The van der Waals surface area contributed by atoms with Crippen LogP contribution in [0.2, 0.25) is 0 Å².